The molecule has 0 amide bonds. The number of carbonyl (C=O) groups is 3. The molecule has 87 heavy (non-hydrogen) atoms. The van der Waals surface area contributed by atoms with Crippen LogP contribution in [0.15, 0.2) is 165 Å². The minimum atomic E-state index is -0.888. The van der Waals surface area contributed by atoms with Crippen LogP contribution in [0.2, 0.25) is 0 Å². The van der Waals surface area contributed by atoms with E-state index in [0.717, 1.165) is 88.0 Å². The lowest BCUT2D eigenvalue weighted by Gasteiger charge is -2.54. The molecule has 0 saturated heterocycles. The Kier molecular flexibility index (Phi) is 12.3. The second-order valence-electron chi connectivity index (χ2n) is 27.6. The van der Waals surface area contributed by atoms with Gasteiger partial charge in [0.2, 0.25) is 17.9 Å². The Hall–Kier alpha value is -8.67. The molecule has 18 nitrogen and oxygen atoms in total. The van der Waals surface area contributed by atoms with Crippen LogP contribution in [-0.2, 0) is 14.4 Å². The minimum absolute atomic E-state index is 0.000805. The average molecular weight is 1170 g/mol. The molecule has 1 unspecified atom stereocenters. The molecule has 18 heteroatoms. The van der Waals surface area contributed by atoms with Crippen LogP contribution in [0, 0.1) is 10.8 Å². The third-order valence-electron chi connectivity index (χ3n) is 20.4. The Balaban J connectivity index is 0.769. The molecule has 4 aromatic carbocycles. The monoisotopic (exact) mass is 1160 g/mol. The molecule has 0 radical (unpaired) electrons. The van der Waals surface area contributed by atoms with Crippen molar-refractivity contribution >= 4 is 86.6 Å². The second-order valence-corrected chi connectivity index (χ2v) is 27.6. The van der Waals surface area contributed by atoms with Crippen molar-refractivity contribution in [2.45, 2.75) is 178 Å². The van der Waals surface area contributed by atoms with Crippen LogP contribution in [0.25, 0.3) is 33.3 Å². The number of hydrogen-bond donors (Lipinski definition) is 4. The number of ketones is 3. The SMILES string of the molecule is CC1(C)CC(=O)C2=C(C1)N(C1CCC3(CC1)N=C(Nc1nc4ccccc4o1)N(C1CCC4(CC1)N=C(Nc1nc5ccccc5o1)NC1=C4C(=O)CC(c4ccccc4)C1)C1=C3C(=O)CC(C)(C)C1)C(Nc1nc3ccccc3o1)=NC21CCCC1. The van der Waals surface area contributed by atoms with E-state index in [1.54, 1.807) is 0 Å². The molecule has 3 aliphatic heterocycles. The first-order chi connectivity index (χ1) is 42.1. The average Bonchev–Trinajstić information content (AvgIpc) is 1.21. The van der Waals surface area contributed by atoms with E-state index in [2.05, 4.69) is 70.9 Å². The quantitative estimate of drug-likeness (QED) is 0.122. The fourth-order valence-corrected chi connectivity index (χ4v) is 16.7. The van der Waals surface area contributed by atoms with Gasteiger partial charge in [-0.05, 0) is 142 Å². The van der Waals surface area contributed by atoms with E-state index in [-0.39, 0.29) is 46.2 Å². The van der Waals surface area contributed by atoms with Crippen molar-refractivity contribution in [1.29, 1.82) is 0 Å². The van der Waals surface area contributed by atoms with Crippen molar-refractivity contribution in [3.63, 3.8) is 0 Å². The fourth-order valence-electron chi connectivity index (χ4n) is 16.7. The predicted octanol–water partition coefficient (Wildman–Crippen LogP) is 13.4. The summed E-state index contributed by atoms with van der Waals surface area (Å²) in [4.78, 5) is 81.4. The van der Waals surface area contributed by atoms with Crippen LogP contribution in [0.4, 0.5) is 18.0 Å². The number of Topliss-reactive ketones (excluding diaryl/α,β-unsaturated/α-hetero) is 3. The second kappa shape index (κ2) is 19.9. The third-order valence-corrected chi connectivity index (χ3v) is 20.4. The number of hydrogen-bond acceptors (Lipinski definition) is 18. The molecule has 0 bridgehead atoms. The van der Waals surface area contributed by atoms with Crippen LogP contribution < -0.4 is 21.3 Å². The Morgan fingerprint density at radius 3 is 1.37 bits per heavy atom. The standard InChI is InChI=1S/C69H72N12O6/c1-65(2)36-48-57(51(83)38-65)67(28-14-15-29-67)78-60(75-63-72-45-19-9-12-22-54(45)86-63)80(48)43-26-32-69(33-27-43)58-49(37-66(3,4)39-52(58)84)81(61(79-69)76-64-73-46-20-10-13-23-55(46)87-64)42-24-30-68(31-25-42)56-47(34-41(35-50(56)82)40-16-6-5-7-17-40)70-59(77-68)74-62-71-44-18-8-11-21-53(44)85-62/h5-13,16-23,41-43H,14-15,24-39H2,1-4H3,(H,72,75,78)(H,73,76,79)(H2,70,71,74,77). The normalized spacial score (nSPS) is 27.6. The molecule has 444 valence electrons. The summed E-state index contributed by atoms with van der Waals surface area (Å²) in [5.41, 5.74) is 7.68. The first kappa shape index (κ1) is 53.8. The zero-order valence-electron chi connectivity index (χ0n) is 49.8. The van der Waals surface area contributed by atoms with Gasteiger partial charge in [-0.25, -0.2) is 15.0 Å². The summed E-state index contributed by atoms with van der Waals surface area (Å²) in [6.07, 6.45) is 11.8. The summed E-state index contributed by atoms with van der Waals surface area (Å²) >= 11 is 0. The zero-order valence-corrected chi connectivity index (χ0v) is 49.8. The largest absolute Gasteiger partial charge is 0.423 e. The van der Waals surface area contributed by atoms with Gasteiger partial charge in [0.1, 0.15) is 16.6 Å². The van der Waals surface area contributed by atoms with Crippen molar-refractivity contribution in [3.8, 4) is 0 Å². The zero-order chi connectivity index (χ0) is 59.0. The Morgan fingerprint density at radius 1 is 0.471 bits per heavy atom. The number of oxazole rings is 3. The number of benzene rings is 4. The highest BCUT2D eigenvalue weighted by atomic mass is 16.4. The van der Waals surface area contributed by atoms with Crippen molar-refractivity contribution in [2.75, 3.05) is 16.0 Å². The molecule has 9 aliphatic rings. The molecule has 4 N–H and O–H groups in total. The van der Waals surface area contributed by atoms with Crippen molar-refractivity contribution in [2.24, 2.45) is 25.8 Å². The van der Waals surface area contributed by atoms with Gasteiger partial charge in [0, 0.05) is 65.2 Å². The Morgan fingerprint density at radius 2 is 0.897 bits per heavy atom. The van der Waals surface area contributed by atoms with Gasteiger partial charge >= 0.3 is 18.0 Å². The molecule has 1 atom stereocenters. The molecular formula is C69H72N12O6. The summed E-state index contributed by atoms with van der Waals surface area (Å²) in [6, 6.07) is 34.2. The van der Waals surface area contributed by atoms with Gasteiger partial charge in [0.25, 0.3) is 0 Å². The number of nitrogens with one attached hydrogen (secondary N) is 4. The van der Waals surface area contributed by atoms with Crippen molar-refractivity contribution in [1.82, 2.24) is 30.1 Å². The number of guanidine groups is 3. The highest BCUT2D eigenvalue weighted by molar-refractivity contribution is 6.07. The lowest BCUT2D eigenvalue weighted by molar-refractivity contribution is -0.120. The minimum Gasteiger partial charge on any atom is -0.423 e. The van der Waals surface area contributed by atoms with Crippen molar-refractivity contribution in [3.05, 3.63) is 143 Å². The smallest absolute Gasteiger partial charge is 0.302 e. The van der Waals surface area contributed by atoms with Crippen LogP contribution in [0.3, 0.4) is 0 Å². The van der Waals surface area contributed by atoms with Crippen LogP contribution in [-0.4, -0.2) is 88.7 Å². The van der Waals surface area contributed by atoms with Crippen LogP contribution >= 0.6 is 0 Å². The van der Waals surface area contributed by atoms with Gasteiger partial charge in [-0.2, -0.15) is 15.0 Å². The first-order valence-corrected chi connectivity index (χ1v) is 31.5. The topological polar surface area (TPSA) is 221 Å². The molecule has 3 spiro atoms. The number of rotatable bonds is 6. The molecular weight excluding hydrogens is 1090 g/mol. The summed E-state index contributed by atoms with van der Waals surface area (Å²) in [7, 11) is 0. The Bertz CT molecular complexity index is 4110. The summed E-state index contributed by atoms with van der Waals surface area (Å²) in [6.45, 7) is 8.80. The van der Waals surface area contributed by atoms with Gasteiger partial charge in [0.05, 0.1) is 16.6 Å². The van der Waals surface area contributed by atoms with Gasteiger partial charge in [-0.15, -0.1) is 0 Å². The number of allylic oxidation sites excluding steroid dienone is 3. The molecule has 16 rings (SSSR count). The molecule has 3 saturated carbocycles. The van der Waals surface area contributed by atoms with Gasteiger partial charge in [-0.3, -0.25) is 30.3 Å². The molecule has 6 heterocycles. The van der Waals surface area contributed by atoms with Crippen molar-refractivity contribution < 1.29 is 27.6 Å². The first-order valence-electron chi connectivity index (χ1n) is 31.5. The maximum absolute atomic E-state index is 15.5. The van der Waals surface area contributed by atoms with Gasteiger partial charge in [-0.1, -0.05) is 107 Å². The number of nitrogens with zero attached hydrogens (tertiary/aromatic N) is 8. The number of anilines is 3. The van der Waals surface area contributed by atoms with E-state index in [9.17, 15) is 9.59 Å². The number of carbonyl (C=O) groups excluding carboxylic acids is 3. The Labute approximate surface area is 504 Å². The van der Waals surface area contributed by atoms with Crippen LogP contribution in [0.1, 0.15) is 155 Å². The number of aliphatic imine (C=N–C) groups is 3. The molecule has 3 aromatic heterocycles. The van der Waals surface area contributed by atoms with Gasteiger partial charge in [0.15, 0.2) is 34.1 Å². The maximum atomic E-state index is 15.5. The van der Waals surface area contributed by atoms with E-state index in [1.165, 1.54) is 0 Å². The lowest BCUT2D eigenvalue weighted by atomic mass is 9.64. The van der Waals surface area contributed by atoms with Crippen LogP contribution in [0.5, 0.6) is 0 Å². The maximum Gasteiger partial charge on any atom is 0.302 e. The summed E-state index contributed by atoms with van der Waals surface area (Å²) in [5, 5.41) is 14.3. The van der Waals surface area contributed by atoms with E-state index < -0.39 is 16.6 Å². The molecule has 3 fully saturated rings. The fraction of sp³-hybridized carbons (Fsp3) is 0.435. The number of fused-ring (bicyclic) bond motifs is 6. The van der Waals surface area contributed by atoms with E-state index in [1.807, 2.05) is 91.0 Å². The number of para-hydroxylation sites is 6. The van der Waals surface area contributed by atoms with E-state index >= 15 is 4.79 Å². The van der Waals surface area contributed by atoms with Gasteiger partial charge < -0.3 is 28.4 Å². The molecule has 7 aromatic rings. The summed E-state index contributed by atoms with van der Waals surface area (Å²) < 4.78 is 19.0. The van der Waals surface area contributed by atoms with E-state index in [4.69, 9.17) is 43.2 Å². The summed E-state index contributed by atoms with van der Waals surface area (Å²) in [5.74, 6) is 2.18. The highest BCUT2D eigenvalue weighted by Gasteiger charge is 2.57. The predicted molar refractivity (Wildman–Crippen MR) is 334 cm³/mol. The lowest BCUT2D eigenvalue weighted by Crippen LogP contribution is -2.59. The third kappa shape index (κ3) is 9.21. The number of aromatic nitrogens is 3. The van der Waals surface area contributed by atoms with E-state index in [0.29, 0.717) is 136 Å². The highest BCUT2D eigenvalue weighted by Crippen LogP contribution is 2.56. The molecule has 6 aliphatic carbocycles.